The van der Waals surface area contributed by atoms with Crippen molar-refractivity contribution in [1.82, 2.24) is 4.98 Å². The van der Waals surface area contributed by atoms with Crippen LogP contribution in [-0.4, -0.2) is 4.98 Å². The molecule has 1 N–H and O–H groups in total. The van der Waals surface area contributed by atoms with Gasteiger partial charge in [-0.3, -0.25) is 4.98 Å². The largest absolute Gasteiger partial charge is 0.378 e. The molecule has 0 aliphatic rings. The summed E-state index contributed by atoms with van der Waals surface area (Å²) in [6.45, 7) is 4.57. The molecule has 1 aromatic heterocycles. The maximum atomic E-state index is 6.15. The highest BCUT2D eigenvalue weighted by Crippen LogP contribution is 2.28. The number of aryl methyl sites for hydroxylation is 2. The first kappa shape index (κ1) is 13.2. The molecule has 2 rings (SSSR count). The Bertz CT molecular complexity index is 550. The molecule has 1 aromatic carbocycles. The van der Waals surface area contributed by atoms with E-state index in [1.165, 1.54) is 0 Å². The van der Waals surface area contributed by atoms with Crippen LogP contribution in [0.5, 0.6) is 0 Å². The van der Waals surface area contributed by atoms with Gasteiger partial charge in [0.15, 0.2) is 0 Å². The summed E-state index contributed by atoms with van der Waals surface area (Å²) < 4.78 is 0. The average molecular weight is 281 g/mol. The molecule has 0 bridgehead atoms. The van der Waals surface area contributed by atoms with Crippen LogP contribution >= 0.6 is 23.2 Å². The number of anilines is 1. The Hall–Kier alpha value is -1.25. The van der Waals surface area contributed by atoms with Gasteiger partial charge in [-0.2, -0.15) is 0 Å². The Morgan fingerprint density at radius 1 is 1.11 bits per heavy atom. The number of aromatic nitrogens is 1. The number of halogens is 2. The van der Waals surface area contributed by atoms with E-state index in [0.29, 0.717) is 16.6 Å². The van der Waals surface area contributed by atoms with Crippen LogP contribution in [0, 0.1) is 13.8 Å². The maximum Gasteiger partial charge on any atom is 0.0641 e. The molecule has 18 heavy (non-hydrogen) atoms. The zero-order valence-corrected chi connectivity index (χ0v) is 11.8. The van der Waals surface area contributed by atoms with Crippen LogP contribution in [0.2, 0.25) is 10.0 Å². The maximum absolute atomic E-state index is 6.15. The Morgan fingerprint density at radius 2 is 1.89 bits per heavy atom. The van der Waals surface area contributed by atoms with Crippen molar-refractivity contribution in [3.05, 3.63) is 57.3 Å². The van der Waals surface area contributed by atoms with Crippen LogP contribution in [0.3, 0.4) is 0 Å². The van der Waals surface area contributed by atoms with E-state index in [9.17, 15) is 0 Å². The lowest BCUT2D eigenvalue weighted by Crippen LogP contribution is -2.02. The normalized spacial score (nSPS) is 10.4. The molecule has 0 aliphatic heterocycles. The van der Waals surface area contributed by atoms with Crippen LogP contribution in [0.4, 0.5) is 5.69 Å². The second-order valence-corrected chi connectivity index (χ2v) is 5.08. The van der Waals surface area contributed by atoms with Crippen LogP contribution in [0.1, 0.15) is 16.8 Å². The summed E-state index contributed by atoms with van der Waals surface area (Å²) in [6, 6.07) is 7.72. The minimum atomic E-state index is 0.624. The highest BCUT2D eigenvalue weighted by molar-refractivity contribution is 6.35. The fourth-order valence-electron chi connectivity index (χ4n) is 1.57. The molecule has 0 atom stereocenters. The fraction of sp³-hybridized carbons (Fsp3) is 0.214. The van der Waals surface area contributed by atoms with Crippen molar-refractivity contribution < 1.29 is 0 Å². The molecule has 0 saturated heterocycles. The molecule has 0 radical (unpaired) electrons. The molecule has 2 aromatic rings. The van der Waals surface area contributed by atoms with Gasteiger partial charge in [-0.15, -0.1) is 0 Å². The van der Waals surface area contributed by atoms with Gasteiger partial charge in [0.25, 0.3) is 0 Å². The number of nitrogens with zero attached hydrogens (tertiary/aromatic N) is 1. The summed E-state index contributed by atoms with van der Waals surface area (Å²) in [5, 5.41) is 4.62. The number of benzene rings is 1. The quantitative estimate of drug-likeness (QED) is 0.888. The molecule has 4 heteroatoms. The summed E-state index contributed by atoms with van der Waals surface area (Å²) in [6.07, 6.45) is 1.85. The molecule has 0 amide bonds. The minimum absolute atomic E-state index is 0.624. The molecule has 0 saturated carbocycles. The first-order valence-corrected chi connectivity index (χ1v) is 6.43. The standard InChI is InChI=1S/C14H14Cl2N2/c1-9-3-4-11(17-7-9)8-18-14-6-12(15)10(2)5-13(14)16/h3-7,18H,8H2,1-2H3. The van der Waals surface area contributed by atoms with Crippen molar-refractivity contribution in [1.29, 1.82) is 0 Å². The summed E-state index contributed by atoms with van der Waals surface area (Å²) in [5.41, 5.74) is 3.92. The van der Waals surface area contributed by atoms with E-state index < -0.39 is 0 Å². The minimum Gasteiger partial charge on any atom is -0.378 e. The van der Waals surface area contributed by atoms with E-state index in [1.54, 1.807) is 0 Å². The number of nitrogens with one attached hydrogen (secondary N) is 1. The van der Waals surface area contributed by atoms with Gasteiger partial charge in [-0.25, -0.2) is 0 Å². The van der Waals surface area contributed by atoms with E-state index in [2.05, 4.69) is 10.3 Å². The van der Waals surface area contributed by atoms with Gasteiger partial charge in [-0.1, -0.05) is 29.3 Å². The SMILES string of the molecule is Cc1ccc(CNc2cc(Cl)c(C)cc2Cl)nc1. The van der Waals surface area contributed by atoms with Gasteiger partial charge >= 0.3 is 0 Å². The molecule has 0 fully saturated rings. The number of rotatable bonds is 3. The van der Waals surface area contributed by atoms with Crippen molar-refractivity contribution in [3.8, 4) is 0 Å². The lowest BCUT2D eigenvalue weighted by molar-refractivity contribution is 1.04. The third kappa shape index (κ3) is 3.15. The molecule has 0 aliphatic carbocycles. The van der Waals surface area contributed by atoms with E-state index in [4.69, 9.17) is 23.2 Å². The summed E-state index contributed by atoms with van der Waals surface area (Å²) in [7, 11) is 0. The molecular formula is C14H14Cl2N2. The number of hydrogen-bond acceptors (Lipinski definition) is 2. The summed E-state index contributed by atoms with van der Waals surface area (Å²) in [4.78, 5) is 4.32. The van der Waals surface area contributed by atoms with Crippen molar-refractivity contribution in [3.63, 3.8) is 0 Å². The molecule has 1 heterocycles. The third-order valence-electron chi connectivity index (χ3n) is 2.68. The Balaban J connectivity index is 2.10. The predicted molar refractivity (Wildman–Crippen MR) is 77.5 cm³/mol. The van der Waals surface area contributed by atoms with Gasteiger partial charge in [0.05, 0.1) is 22.9 Å². The van der Waals surface area contributed by atoms with Crippen LogP contribution in [0.15, 0.2) is 30.5 Å². The van der Waals surface area contributed by atoms with E-state index in [0.717, 1.165) is 22.5 Å². The molecule has 2 nitrogen and oxygen atoms in total. The summed E-state index contributed by atoms with van der Waals surface area (Å²) in [5.74, 6) is 0. The number of pyridine rings is 1. The van der Waals surface area contributed by atoms with Gasteiger partial charge < -0.3 is 5.32 Å². The van der Waals surface area contributed by atoms with Crippen molar-refractivity contribution >= 4 is 28.9 Å². The monoisotopic (exact) mass is 280 g/mol. The topological polar surface area (TPSA) is 24.9 Å². The Labute approximate surface area is 117 Å². The lowest BCUT2D eigenvalue weighted by Gasteiger charge is -2.10. The smallest absolute Gasteiger partial charge is 0.0641 e. The fourth-order valence-corrected chi connectivity index (χ4v) is 2.02. The van der Waals surface area contributed by atoms with Crippen molar-refractivity contribution in [2.75, 3.05) is 5.32 Å². The number of hydrogen-bond donors (Lipinski definition) is 1. The van der Waals surface area contributed by atoms with Crippen LogP contribution < -0.4 is 5.32 Å². The average Bonchev–Trinajstić information content (AvgIpc) is 2.34. The first-order valence-electron chi connectivity index (χ1n) is 5.67. The van der Waals surface area contributed by atoms with Gasteiger partial charge in [0, 0.05) is 11.2 Å². The van der Waals surface area contributed by atoms with E-state index in [1.807, 2.05) is 44.3 Å². The van der Waals surface area contributed by atoms with E-state index in [-0.39, 0.29) is 0 Å². The molecule has 94 valence electrons. The summed E-state index contributed by atoms with van der Waals surface area (Å²) >= 11 is 12.2. The van der Waals surface area contributed by atoms with Crippen molar-refractivity contribution in [2.45, 2.75) is 20.4 Å². The molecule has 0 spiro atoms. The third-order valence-corrected chi connectivity index (χ3v) is 3.40. The van der Waals surface area contributed by atoms with Gasteiger partial charge in [-0.05, 0) is 43.2 Å². The Morgan fingerprint density at radius 3 is 2.56 bits per heavy atom. The first-order chi connectivity index (χ1) is 8.56. The highest BCUT2D eigenvalue weighted by atomic mass is 35.5. The van der Waals surface area contributed by atoms with Crippen LogP contribution in [0.25, 0.3) is 0 Å². The molecular weight excluding hydrogens is 267 g/mol. The predicted octanol–water partition coefficient (Wildman–Crippen LogP) is 4.62. The second kappa shape index (κ2) is 5.59. The van der Waals surface area contributed by atoms with E-state index >= 15 is 0 Å². The van der Waals surface area contributed by atoms with Crippen molar-refractivity contribution in [2.24, 2.45) is 0 Å². The highest BCUT2D eigenvalue weighted by Gasteiger charge is 2.04. The zero-order valence-electron chi connectivity index (χ0n) is 10.3. The molecule has 0 unspecified atom stereocenters. The second-order valence-electron chi connectivity index (χ2n) is 4.26. The van der Waals surface area contributed by atoms with Crippen LogP contribution in [-0.2, 0) is 6.54 Å². The Kier molecular flexibility index (Phi) is 4.10. The van der Waals surface area contributed by atoms with Gasteiger partial charge in [0.1, 0.15) is 0 Å². The zero-order chi connectivity index (χ0) is 13.1. The van der Waals surface area contributed by atoms with Gasteiger partial charge in [0.2, 0.25) is 0 Å². The lowest BCUT2D eigenvalue weighted by atomic mass is 10.2.